The molecule has 0 saturated heterocycles. The van der Waals surface area contributed by atoms with Crippen LogP contribution in [0.15, 0.2) is 0 Å². The summed E-state index contributed by atoms with van der Waals surface area (Å²) < 4.78 is 0. The van der Waals surface area contributed by atoms with Crippen LogP contribution >= 0.6 is 0 Å². The van der Waals surface area contributed by atoms with Gasteiger partial charge in [0.2, 0.25) is 0 Å². The lowest BCUT2D eigenvalue weighted by molar-refractivity contribution is -0.176. The third kappa shape index (κ3) is 100.0. The summed E-state index contributed by atoms with van der Waals surface area (Å²) in [5, 5.41) is 24.0. The molecule has 0 spiro atoms. The van der Waals surface area contributed by atoms with Crippen LogP contribution in [0.2, 0.25) is 0 Å². The predicted octanol–water partition coefficient (Wildman–Crippen LogP) is 1.02. The van der Waals surface area contributed by atoms with E-state index in [2.05, 4.69) is 0 Å². The molecule has 0 rings (SSSR count). The number of hydrogen-bond donors (Lipinski definition) is 4. The van der Waals surface area contributed by atoms with Gasteiger partial charge in [0.25, 0.3) is 0 Å². The molecule has 0 atom stereocenters. The lowest BCUT2D eigenvalue weighted by Crippen LogP contribution is -1.80. The second-order valence-electron chi connectivity index (χ2n) is 1.06. The summed E-state index contributed by atoms with van der Waals surface area (Å²) in [6, 6.07) is 0. The molecule has 9 heavy (non-hydrogen) atoms. The largest absolute Gasteiger partial charge is 0.300 e. The fraction of sp³-hybridized carbons (Fsp3) is 0.750. The molecule has 0 aromatic rings. The van der Waals surface area contributed by atoms with Crippen molar-refractivity contribution in [2.24, 2.45) is 0 Å². The molecule has 0 aliphatic heterocycles. The third-order valence-electron chi connectivity index (χ3n) is 0.498. The zero-order valence-electron chi connectivity index (χ0n) is 5.40. The van der Waals surface area contributed by atoms with E-state index in [4.69, 9.17) is 21.0 Å². The van der Waals surface area contributed by atoms with Crippen LogP contribution in [0.25, 0.3) is 0 Å². The maximum atomic E-state index is 9.81. The molecular weight excluding hydrogens is 128 g/mol. The highest BCUT2D eigenvalue weighted by atomic mass is 17.0. The van der Waals surface area contributed by atoms with Gasteiger partial charge in [-0.3, -0.25) is 21.0 Å². The van der Waals surface area contributed by atoms with E-state index >= 15 is 0 Å². The highest BCUT2D eigenvalue weighted by Crippen LogP contribution is 1.71. The van der Waals surface area contributed by atoms with Crippen molar-refractivity contribution in [2.45, 2.75) is 20.3 Å². The molecule has 0 aliphatic rings. The highest BCUT2D eigenvalue weighted by Gasteiger charge is 1.76. The van der Waals surface area contributed by atoms with Gasteiger partial charge in [-0.15, -0.1) is 0 Å². The van der Waals surface area contributed by atoms with Crippen molar-refractivity contribution in [3.8, 4) is 0 Å². The van der Waals surface area contributed by atoms with Crippen molar-refractivity contribution in [2.75, 3.05) is 0 Å². The van der Waals surface area contributed by atoms with Crippen molar-refractivity contribution in [1.82, 2.24) is 0 Å². The molecule has 0 heterocycles. The SMILES string of the molecule is CCC(C)=O.OO.OO. The van der Waals surface area contributed by atoms with Crippen molar-refractivity contribution >= 4 is 5.78 Å². The smallest absolute Gasteiger partial charge is 0.129 e. The molecule has 58 valence electrons. The number of hydrogen-bond acceptors (Lipinski definition) is 5. The Kier molecular flexibility index (Phi) is 45.4. The van der Waals surface area contributed by atoms with E-state index < -0.39 is 0 Å². The van der Waals surface area contributed by atoms with Crippen LogP contribution in [0.5, 0.6) is 0 Å². The van der Waals surface area contributed by atoms with E-state index in [0.717, 1.165) is 0 Å². The van der Waals surface area contributed by atoms with E-state index in [1.807, 2.05) is 6.92 Å². The first kappa shape index (κ1) is 15.8. The lowest BCUT2D eigenvalue weighted by Gasteiger charge is -1.71. The van der Waals surface area contributed by atoms with Gasteiger partial charge >= 0.3 is 0 Å². The molecule has 5 heteroatoms. The predicted molar refractivity (Wildman–Crippen MR) is 31.5 cm³/mol. The Balaban J connectivity index is -0.0000000771. The van der Waals surface area contributed by atoms with Crippen LogP contribution in [0.3, 0.4) is 0 Å². The van der Waals surface area contributed by atoms with Crippen LogP contribution in [-0.2, 0) is 4.79 Å². The molecule has 4 N–H and O–H groups in total. The summed E-state index contributed by atoms with van der Waals surface area (Å²) >= 11 is 0. The first-order chi connectivity index (χ1) is 4.27. The summed E-state index contributed by atoms with van der Waals surface area (Å²) in [5.74, 6) is 0.255. The summed E-state index contributed by atoms with van der Waals surface area (Å²) in [4.78, 5) is 9.81. The Morgan fingerprint density at radius 3 is 1.33 bits per heavy atom. The van der Waals surface area contributed by atoms with Crippen LogP contribution in [0, 0.1) is 0 Å². The molecule has 5 nitrogen and oxygen atoms in total. The Morgan fingerprint density at radius 2 is 1.33 bits per heavy atom. The maximum absolute atomic E-state index is 9.81. The Labute approximate surface area is 53.0 Å². The normalized spacial score (nSPS) is 5.56. The van der Waals surface area contributed by atoms with E-state index in [0.29, 0.717) is 6.42 Å². The first-order valence-electron chi connectivity index (χ1n) is 2.16. The molecule has 0 aliphatic carbocycles. The number of Topliss-reactive ketones (excluding diaryl/α,β-unsaturated/α-hetero) is 1. The molecule has 0 saturated carbocycles. The summed E-state index contributed by atoms with van der Waals surface area (Å²) in [6.07, 6.45) is 0.667. The Bertz CT molecular complexity index is 44.2. The summed E-state index contributed by atoms with van der Waals surface area (Å²) in [6.45, 7) is 3.43. The van der Waals surface area contributed by atoms with Gasteiger partial charge in [-0.05, 0) is 6.92 Å². The quantitative estimate of drug-likeness (QED) is 0.322. The van der Waals surface area contributed by atoms with Crippen molar-refractivity contribution in [1.29, 1.82) is 0 Å². The second kappa shape index (κ2) is 25.8. The highest BCUT2D eigenvalue weighted by molar-refractivity contribution is 5.74. The molecule has 0 aromatic heterocycles. The third-order valence-corrected chi connectivity index (χ3v) is 0.498. The van der Waals surface area contributed by atoms with Gasteiger partial charge in [0, 0.05) is 6.42 Å². The van der Waals surface area contributed by atoms with Gasteiger partial charge < -0.3 is 4.79 Å². The maximum Gasteiger partial charge on any atom is 0.129 e. The second-order valence-corrected chi connectivity index (χ2v) is 1.06. The zero-order valence-corrected chi connectivity index (χ0v) is 5.40. The van der Waals surface area contributed by atoms with Gasteiger partial charge in [-0.25, -0.2) is 0 Å². The molecule has 0 fully saturated rings. The molecule has 0 bridgehead atoms. The molecule has 0 aromatic carbocycles. The molecule has 0 unspecified atom stereocenters. The Hall–Kier alpha value is -0.490. The lowest BCUT2D eigenvalue weighted by atomic mass is 10.4. The van der Waals surface area contributed by atoms with Crippen LogP contribution < -0.4 is 0 Å². The standard InChI is InChI=1S/C4H8O.2H2O2/c1-3-4(2)5;2*1-2/h3H2,1-2H3;2*1-2H. The van der Waals surface area contributed by atoms with Crippen LogP contribution in [0.1, 0.15) is 20.3 Å². The minimum Gasteiger partial charge on any atom is -0.300 e. The van der Waals surface area contributed by atoms with Crippen molar-refractivity contribution in [3.63, 3.8) is 0 Å². The van der Waals surface area contributed by atoms with Crippen molar-refractivity contribution in [3.05, 3.63) is 0 Å². The fourth-order valence-corrected chi connectivity index (χ4v) is 0. The van der Waals surface area contributed by atoms with Crippen molar-refractivity contribution < 1.29 is 25.8 Å². The topological polar surface area (TPSA) is 98.0 Å². The number of carbonyl (C=O) groups excluding carboxylic acids is 1. The summed E-state index contributed by atoms with van der Waals surface area (Å²) in [5.41, 5.74) is 0. The minimum absolute atomic E-state index is 0.255. The number of carbonyl (C=O) groups is 1. The molecular formula is C4H12O5. The van der Waals surface area contributed by atoms with Gasteiger partial charge in [-0.1, -0.05) is 6.92 Å². The fourth-order valence-electron chi connectivity index (χ4n) is 0. The number of ketones is 1. The molecule has 0 amide bonds. The minimum atomic E-state index is 0.255. The average Bonchev–Trinajstić information content (AvgIpc) is 1.97. The zero-order chi connectivity index (χ0) is 8.28. The van der Waals surface area contributed by atoms with E-state index in [1.165, 1.54) is 0 Å². The van der Waals surface area contributed by atoms with Gasteiger partial charge in [-0.2, -0.15) is 0 Å². The number of rotatable bonds is 1. The summed E-state index contributed by atoms with van der Waals surface area (Å²) in [7, 11) is 0. The van der Waals surface area contributed by atoms with E-state index in [1.54, 1.807) is 6.92 Å². The van der Waals surface area contributed by atoms with E-state index in [-0.39, 0.29) is 5.78 Å². The van der Waals surface area contributed by atoms with Gasteiger partial charge in [0.1, 0.15) is 5.78 Å². The van der Waals surface area contributed by atoms with E-state index in [9.17, 15) is 4.79 Å². The van der Waals surface area contributed by atoms with Crippen LogP contribution in [0.4, 0.5) is 0 Å². The van der Waals surface area contributed by atoms with Gasteiger partial charge in [0.05, 0.1) is 0 Å². The average molecular weight is 140 g/mol. The van der Waals surface area contributed by atoms with Crippen LogP contribution in [-0.4, -0.2) is 26.8 Å². The molecule has 0 radical (unpaired) electrons. The monoisotopic (exact) mass is 140 g/mol. The van der Waals surface area contributed by atoms with Gasteiger partial charge in [0.15, 0.2) is 0 Å². The Morgan fingerprint density at radius 1 is 1.22 bits per heavy atom. The first-order valence-corrected chi connectivity index (χ1v) is 2.16.